The number of benzene rings is 1. The summed E-state index contributed by atoms with van der Waals surface area (Å²) in [7, 11) is 0. The van der Waals surface area contributed by atoms with E-state index in [1.807, 2.05) is 0 Å². The van der Waals surface area contributed by atoms with Crippen molar-refractivity contribution in [2.75, 3.05) is 11.9 Å². The summed E-state index contributed by atoms with van der Waals surface area (Å²) in [4.78, 5) is 1.57. The number of fused-ring (bicyclic) bond motifs is 3. The van der Waals surface area contributed by atoms with Crippen molar-refractivity contribution in [3.63, 3.8) is 0 Å². The zero-order valence-corrected chi connectivity index (χ0v) is 15.4. The standard InChI is InChI=1S/C19H20F3N5O2/c20-15-2-1-12(7-11(15)9-23)24-18(29)26-5-4-16-14(10-26)17-19(21,22)8-13(28)3-6-27(17)25-16/h1-2,7,13,18,24,28-29H,3-6,8,10H2/t13-,18?/m0/s1. The Labute approximate surface area is 165 Å². The molecule has 2 aliphatic rings. The lowest BCUT2D eigenvalue weighted by atomic mass is 9.99. The van der Waals surface area contributed by atoms with Gasteiger partial charge in [-0.2, -0.15) is 19.1 Å². The lowest BCUT2D eigenvalue weighted by molar-refractivity contribution is -0.0520. The molecule has 2 atom stereocenters. The van der Waals surface area contributed by atoms with Crippen LogP contribution in [0.25, 0.3) is 0 Å². The van der Waals surface area contributed by atoms with Crippen LogP contribution in [0.1, 0.15) is 35.4 Å². The quantitative estimate of drug-likeness (QED) is 0.673. The first-order valence-electron chi connectivity index (χ1n) is 9.31. The normalized spacial score (nSPS) is 22.1. The number of anilines is 1. The molecule has 3 N–H and O–H groups in total. The highest BCUT2D eigenvalue weighted by Gasteiger charge is 2.44. The van der Waals surface area contributed by atoms with Gasteiger partial charge in [-0.05, 0) is 24.6 Å². The number of nitriles is 1. The van der Waals surface area contributed by atoms with Gasteiger partial charge in [0.15, 0.2) is 6.35 Å². The van der Waals surface area contributed by atoms with Gasteiger partial charge in [-0.3, -0.25) is 9.58 Å². The van der Waals surface area contributed by atoms with Crippen LogP contribution in [0.3, 0.4) is 0 Å². The van der Waals surface area contributed by atoms with Crippen molar-refractivity contribution < 1.29 is 23.4 Å². The molecule has 0 saturated carbocycles. The number of aliphatic hydroxyl groups is 2. The molecule has 0 saturated heterocycles. The molecular weight excluding hydrogens is 387 g/mol. The van der Waals surface area contributed by atoms with E-state index in [4.69, 9.17) is 5.26 Å². The summed E-state index contributed by atoms with van der Waals surface area (Å²) < 4.78 is 44.2. The summed E-state index contributed by atoms with van der Waals surface area (Å²) >= 11 is 0. The minimum Gasteiger partial charge on any atom is -0.393 e. The SMILES string of the molecule is N#Cc1cc(NC(O)N2CCc3nn4c(c3C2)C(F)(F)C[C@@H](O)CC4)ccc1F. The second-order valence-electron chi connectivity index (χ2n) is 7.39. The number of hydrogen-bond donors (Lipinski definition) is 3. The van der Waals surface area contributed by atoms with E-state index in [0.717, 1.165) is 6.07 Å². The van der Waals surface area contributed by atoms with Gasteiger partial charge in [-0.15, -0.1) is 0 Å². The number of aliphatic hydroxyl groups excluding tert-OH is 2. The van der Waals surface area contributed by atoms with E-state index >= 15 is 0 Å². The maximum Gasteiger partial charge on any atom is 0.292 e. The molecule has 0 amide bonds. The average molecular weight is 407 g/mol. The largest absolute Gasteiger partial charge is 0.393 e. The lowest BCUT2D eigenvalue weighted by Crippen LogP contribution is -2.44. The van der Waals surface area contributed by atoms with Crippen LogP contribution < -0.4 is 5.32 Å². The predicted octanol–water partition coefficient (Wildman–Crippen LogP) is 1.89. The Balaban J connectivity index is 1.56. The number of nitrogens with one attached hydrogen (secondary N) is 1. The zero-order chi connectivity index (χ0) is 20.8. The van der Waals surface area contributed by atoms with Crippen molar-refractivity contribution in [3.05, 3.63) is 46.5 Å². The molecule has 0 aliphatic carbocycles. The summed E-state index contributed by atoms with van der Waals surface area (Å²) in [5.74, 6) is -3.88. The van der Waals surface area contributed by atoms with Crippen LogP contribution in [0, 0.1) is 17.1 Å². The highest BCUT2D eigenvalue weighted by atomic mass is 19.3. The molecule has 1 aromatic carbocycles. The summed E-state index contributed by atoms with van der Waals surface area (Å²) in [6.45, 7) is 0.654. The average Bonchev–Trinajstić information content (AvgIpc) is 3.00. The van der Waals surface area contributed by atoms with Gasteiger partial charge in [-0.25, -0.2) is 4.39 Å². The molecule has 1 aromatic heterocycles. The fraction of sp³-hybridized carbons (Fsp3) is 0.474. The third kappa shape index (κ3) is 3.69. The van der Waals surface area contributed by atoms with Gasteiger partial charge in [-0.1, -0.05) is 0 Å². The van der Waals surface area contributed by atoms with Crippen molar-refractivity contribution in [1.29, 1.82) is 5.26 Å². The fourth-order valence-corrected chi connectivity index (χ4v) is 3.93. The number of aryl methyl sites for hydroxylation is 1. The van der Waals surface area contributed by atoms with Gasteiger partial charge >= 0.3 is 0 Å². The Bertz CT molecular complexity index is 971. The Morgan fingerprint density at radius 2 is 2.14 bits per heavy atom. The van der Waals surface area contributed by atoms with E-state index in [0.29, 0.717) is 29.9 Å². The topological polar surface area (TPSA) is 97.3 Å². The van der Waals surface area contributed by atoms with Gasteiger partial charge in [0.1, 0.15) is 17.6 Å². The predicted molar refractivity (Wildman–Crippen MR) is 96.2 cm³/mol. The monoisotopic (exact) mass is 407 g/mol. The van der Waals surface area contributed by atoms with E-state index in [2.05, 4.69) is 10.4 Å². The molecule has 154 valence electrons. The molecule has 10 heteroatoms. The number of rotatable bonds is 3. The van der Waals surface area contributed by atoms with Crippen molar-refractivity contribution in [3.8, 4) is 6.07 Å². The van der Waals surface area contributed by atoms with E-state index in [1.165, 1.54) is 16.8 Å². The Morgan fingerprint density at radius 1 is 1.34 bits per heavy atom. The summed E-state index contributed by atoms with van der Waals surface area (Å²) in [6.07, 6.45) is -2.37. The summed E-state index contributed by atoms with van der Waals surface area (Å²) in [5.41, 5.74) is 0.919. The first-order chi connectivity index (χ1) is 13.8. The fourth-order valence-electron chi connectivity index (χ4n) is 3.93. The van der Waals surface area contributed by atoms with Crippen LogP contribution in [0.2, 0.25) is 0 Å². The van der Waals surface area contributed by atoms with Crippen molar-refractivity contribution in [1.82, 2.24) is 14.7 Å². The Morgan fingerprint density at radius 3 is 2.90 bits per heavy atom. The molecule has 2 aliphatic heterocycles. The number of hydrogen-bond acceptors (Lipinski definition) is 6. The third-order valence-corrected chi connectivity index (χ3v) is 5.37. The van der Waals surface area contributed by atoms with Crippen molar-refractivity contribution >= 4 is 5.69 Å². The van der Waals surface area contributed by atoms with Crippen LogP contribution in [0.15, 0.2) is 18.2 Å². The number of alkyl halides is 2. The minimum atomic E-state index is -3.21. The highest BCUT2D eigenvalue weighted by Crippen LogP contribution is 2.40. The second kappa shape index (κ2) is 7.33. The van der Waals surface area contributed by atoms with Crippen molar-refractivity contribution in [2.45, 2.75) is 50.7 Å². The van der Waals surface area contributed by atoms with Crippen LogP contribution in [-0.2, 0) is 25.4 Å². The molecule has 0 radical (unpaired) electrons. The molecule has 0 bridgehead atoms. The first-order valence-corrected chi connectivity index (χ1v) is 9.31. The van der Waals surface area contributed by atoms with Crippen LogP contribution >= 0.6 is 0 Å². The molecule has 0 spiro atoms. The molecule has 29 heavy (non-hydrogen) atoms. The maximum atomic E-state index is 14.7. The van der Waals surface area contributed by atoms with E-state index in [9.17, 15) is 23.4 Å². The van der Waals surface area contributed by atoms with Crippen LogP contribution in [-0.4, -0.2) is 43.9 Å². The second-order valence-corrected chi connectivity index (χ2v) is 7.39. The number of aromatic nitrogens is 2. The summed E-state index contributed by atoms with van der Waals surface area (Å²) in [5, 5.41) is 36.3. The zero-order valence-electron chi connectivity index (χ0n) is 15.4. The molecule has 2 aromatic rings. The van der Waals surface area contributed by atoms with Gasteiger partial charge in [0, 0.05) is 43.7 Å². The molecule has 0 fully saturated rings. The third-order valence-electron chi connectivity index (χ3n) is 5.37. The van der Waals surface area contributed by atoms with Gasteiger partial charge < -0.3 is 15.5 Å². The summed E-state index contributed by atoms with van der Waals surface area (Å²) in [6, 6.07) is 5.50. The van der Waals surface area contributed by atoms with Gasteiger partial charge in [0.25, 0.3) is 5.92 Å². The van der Waals surface area contributed by atoms with Gasteiger partial charge in [0.2, 0.25) is 0 Å². The Kier molecular flexibility index (Phi) is 4.98. The van der Waals surface area contributed by atoms with Crippen LogP contribution in [0.5, 0.6) is 0 Å². The molecule has 1 unspecified atom stereocenters. The maximum absolute atomic E-state index is 14.7. The first kappa shape index (κ1) is 19.7. The number of nitrogens with zero attached hydrogens (tertiary/aromatic N) is 4. The minimum absolute atomic E-state index is 0.0524. The van der Waals surface area contributed by atoms with Crippen LogP contribution in [0.4, 0.5) is 18.9 Å². The highest BCUT2D eigenvalue weighted by molar-refractivity contribution is 5.50. The van der Waals surface area contributed by atoms with E-state index in [1.54, 1.807) is 11.0 Å². The van der Waals surface area contributed by atoms with E-state index < -0.39 is 30.6 Å². The molecule has 7 nitrogen and oxygen atoms in total. The lowest BCUT2D eigenvalue weighted by Gasteiger charge is -2.32. The molecule has 3 heterocycles. The smallest absolute Gasteiger partial charge is 0.292 e. The number of halogens is 3. The Hall–Kier alpha value is -2.61. The molecular formula is C19H20F3N5O2. The molecule has 4 rings (SSSR count). The van der Waals surface area contributed by atoms with E-state index in [-0.39, 0.29) is 30.8 Å². The van der Waals surface area contributed by atoms with Gasteiger partial charge in [0.05, 0.1) is 17.4 Å². The van der Waals surface area contributed by atoms with Crippen molar-refractivity contribution in [2.24, 2.45) is 0 Å².